The molecule has 0 aliphatic carbocycles. The monoisotopic (exact) mass is 620 g/mol. The van der Waals surface area contributed by atoms with Crippen LogP contribution >= 0.6 is 23.1 Å². The average molecular weight is 620 g/mol. The summed E-state index contributed by atoms with van der Waals surface area (Å²) in [5, 5.41) is 18.8. The summed E-state index contributed by atoms with van der Waals surface area (Å²) in [7, 11) is 1.16. The number of hydrogen-bond donors (Lipinski definition) is 3. The fraction of sp³-hybridized carbons (Fsp3) is 0.300. The van der Waals surface area contributed by atoms with E-state index in [0.29, 0.717) is 0 Å². The lowest BCUT2D eigenvalue weighted by atomic mass is 10.0. The van der Waals surface area contributed by atoms with Gasteiger partial charge in [-0.2, -0.15) is 13.2 Å². The molecule has 21 heteroatoms. The second kappa shape index (κ2) is 11.4. The smallest absolute Gasteiger partial charge is 0.475 e. The summed E-state index contributed by atoms with van der Waals surface area (Å²) in [6.45, 7) is -0.591. The number of aromatic carboxylic acids is 1. The number of carbonyl (C=O) groups is 5. The van der Waals surface area contributed by atoms with Crippen LogP contribution in [0.4, 0.5) is 18.3 Å². The number of hydrogen-bond acceptors (Lipinski definition) is 15. The summed E-state index contributed by atoms with van der Waals surface area (Å²) in [5.41, 5.74) is 4.45. The molecule has 1 saturated heterocycles. The maximum atomic E-state index is 13.1. The third-order valence-electron chi connectivity index (χ3n) is 5.20. The predicted molar refractivity (Wildman–Crippen MR) is 128 cm³/mol. The number of nitrogens with two attached hydrogens (primary N) is 1. The van der Waals surface area contributed by atoms with E-state index in [0.717, 1.165) is 41.2 Å². The van der Waals surface area contributed by atoms with Gasteiger partial charge in [-0.25, -0.2) is 19.4 Å². The van der Waals surface area contributed by atoms with Crippen LogP contribution in [0.3, 0.4) is 0 Å². The molecule has 0 aromatic carbocycles. The lowest BCUT2D eigenvalue weighted by molar-refractivity contribution is -0.201. The number of amides is 2. The lowest BCUT2D eigenvalue weighted by Gasteiger charge is -2.49. The van der Waals surface area contributed by atoms with Crippen molar-refractivity contribution in [3.8, 4) is 5.88 Å². The molecule has 2 aromatic heterocycles. The number of thioether (sulfide) groups is 1. The van der Waals surface area contributed by atoms with Crippen molar-refractivity contribution in [2.45, 2.75) is 17.6 Å². The van der Waals surface area contributed by atoms with Crippen LogP contribution in [0.15, 0.2) is 32.4 Å². The number of nitrogen functional groups attached to an aromatic ring is 1. The van der Waals surface area contributed by atoms with Crippen molar-refractivity contribution in [2.24, 2.45) is 5.16 Å². The number of halogens is 3. The third kappa shape index (κ3) is 6.09. The van der Waals surface area contributed by atoms with Gasteiger partial charge in [0.2, 0.25) is 5.76 Å². The molecular weight excluding hydrogens is 605 g/mol. The average Bonchev–Trinajstić information content (AvgIpc) is 3.57. The number of carboxylic acid groups (broad SMARTS) is 1. The van der Waals surface area contributed by atoms with Gasteiger partial charge in [0.25, 0.3) is 17.7 Å². The van der Waals surface area contributed by atoms with E-state index in [9.17, 15) is 37.1 Å². The Morgan fingerprint density at radius 1 is 1.34 bits per heavy atom. The summed E-state index contributed by atoms with van der Waals surface area (Å²) in [6.07, 6.45) is -5.52. The van der Waals surface area contributed by atoms with Crippen LogP contribution in [0.5, 0.6) is 5.88 Å². The molecule has 0 bridgehead atoms. The largest absolute Gasteiger partial charge is 0.491 e. The number of β-lactam (4-membered cyclic amide) rings is 1. The molecule has 2 atom stereocenters. The van der Waals surface area contributed by atoms with E-state index < -0.39 is 65.4 Å². The van der Waals surface area contributed by atoms with Crippen LogP contribution in [0, 0.1) is 0 Å². The SMILES string of the molecule is CO/N=C(\C(=O)NC1C(=O)N2C(C(=O)OC(=O)C(F)(F)F)=C(COc3cc(C(=O)O)on3)CSC12)c1csc(N)n1. The number of nitrogens with zero attached hydrogens (tertiary/aromatic N) is 4. The Labute approximate surface area is 233 Å². The van der Waals surface area contributed by atoms with Gasteiger partial charge in [-0.15, -0.1) is 23.1 Å². The zero-order valence-electron chi connectivity index (χ0n) is 20.2. The highest BCUT2D eigenvalue weighted by molar-refractivity contribution is 8.00. The molecule has 1 fully saturated rings. The highest BCUT2D eigenvalue weighted by Crippen LogP contribution is 2.41. The molecule has 0 radical (unpaired) electrons. The molecule has 2 aromatic rings. The quantitative estimate of drug-likeness (QED) is 0.111. The third-order valence-corrected chi connectivity index (χ3v) is 7.21. The molecule has 2 unspecified atom stereocenters. The normalized spacial score (nSPS) is 18.8. The van der Waals surface area contributed by atoms with Crippen molar-refractivity contribution in [3.63, 3.8) is 0 Å². The second-order valence-electron chi connectivity index (χ2n) is 7.80. The number of rotatable bonds is 9. The number of ether oxygens (including phenoxy) is 2. The van der Waals surface area contributed by atoms with Crippen molar-refractivity contribution >= 4 is 63.7 Å². The number of fused-ring (bicyclic) bond motifs is 1. The molecule has 4 N–H and O–H groups in total. The summed E-state index contributed by atoms with van der Waals surface area (Å²) >= 11 is 1.99. The number of alkyl halides is 3. The van der Waals surface area contributed by atoms with E-state index in [-0.39, 0.29) is 33.7 Å². The Bertz CT molecular complexity index is 1490. The van der Waals surface area contributed by atoms with Crippen molar-refractivity contribution in [3.05, 3.63) is 34.2 Å². The van der Waals surface area contributed by atoms with E-state index in [4.69, 9.17) is 15.6 Å². The molecule has 0 spiro atoms. The highest BCUT2D eigenvalue weighted by Gasteiger charge is 2.55. The number of thiazole rings is 1. The fourth-order valence-corrected chi connectivity index (χ4v) is 5.34. The standard InChI is InChI=1S/C20H15F3N6O10S2/c1-36-28-10(7-5-41-19(24)25-7)13(30)26-11-14(31)29-12(17(34)38-18(35)20(21,22)23)6(4-40-15(11)29)3-37-9-2-8(16(32)33)39-27-9/h2,5,11,15H,3-4H2,1H3,(H2,24,25)(H,26,30)(H,32,33)/b28-10-. The van der Waals surface area contributed by atoms with E-state index in [1.165, 1.54) is 5.38 Å². The minimum atomic E-state index is -5.52. The lowest BCUT2D eigenvalue weighted by Crippen LogP contribution is -2.71. The Balaban J connectivity index is 1.57. The van der Waals surface area contributed by atoms with E-state index in [1.807, 2.05) is 0 Å². The number of oxime groups is 1. The summed E-state index contributed by atoms with van der Waals surface area (Å²) in [6, 6.07) is -0.398. The molecule has 16 nitrogen and oxygen atoms in total. The van der Waals surface area contributed by atoms with Gasteiger partial charge in [0.05, 0.1) is 6.07 Å². The van der Waals surface area contributed by atoms with Crippen LogP contribution in [0.25, 0.3) is 0 Å². The first-order valence-electron chi connectivity index (χ1n) is 10.8. The molecule has 0 saturated carbocycles. The number of carboxylic acids is 1. The Morgan fingerprint density at radius 2 is 2.07 bits per heavy atom. The number of carbonyl (C=O) groups excluding carboxylic acids is 4. The molecular formula is C20H15F3N6O10S2. The van der Waals surface area contributed by atoms with Gasteiger partial charge in [-0.3, -0.25) is 14.5 Å². The van der Waals surface area contributed by atoms with Crippen molar-refractivity contribution in [1.82, 2.24) is 20.4 Å². The second-order valence-corrected chi connectivity index (χ2v) is 9.80. The van der Waals surface area contributed by atoms with Gasteiger partial charge in [-0.1, -0.05) is 5.16 Å². The molecule has 2 amide bonds. The number of esters is 2. The molecule has 4 rings (SSSR count). The highest BCUT2D eigenvalue weighted by atomic mass is 32.2. The summed E-state index contributed by atoms with van der Waals surface area (Å²) < 4.78 is 52.0. The maximum Gasteiger partial charge on any atom is 0.491 e. The fourth-order valence-electron chi connectivity index (χ4n) is 3.46. The summed E-state index contributed by atoms with van der Waals surface area (Å²) in [4.78, 5) is 70.3. The van der Waals surface area contributed by atoms with Crippen LogP contribution < -0.4 is 15.8 Å². The number of aromatic nitrogens is 2. The van der Waals surface area contributed by atoms with Crippen molar-refractivity contribution in [2.75, 3.05) is 25.2 Å². The van der Waals surface area contributed by atoms with Gasteiger partial charge in [0.1, 0.15) is 36.5 Å². The first kappa shape index (κ1) is 29.3. The Kier molecular flexibility index (Phi) is 8.19. The van der Waals surface area contributed by atoms with Crippen LogP contribution in [-0.2, 0) is 28.8 Å². The zero-order valence-corrected chi connectivity index (χ0v) is 21.8. The van der Waals surface area contributed by atoms with Crippen molar-refractivity contribution in [1.29, 1.82) is 0 Å². The van der Waals surface area contributed by atoms with E-state index in [2.05, 4.69) is 34.7 Å². The van der Waals surface area contributed by atoms with Crippen LogP contribution in [-0.4, -0.2) is 92.6 Å². The van der Waals surface area contributed by atoms with Crippen LogP contribution in [0.2, 0.25) is 0 Å². The van der Waals surface area contributed by atoms with Gasteiger partial charge >= 0.3 is 24.1 Å². The predicted octanol–water partition coefficient (Wildman–Crippen LogP) is 0.127. The Morgan fingerprint density at radius 3 is 2.66 bits per heavy atom. The van der Waals surface area contributed by atoms with Gasteiger partial charge < -0.3 is 35.0 Å². The molecule has 2 aliphatic heterocycles. The Hall–Kier alpha value is -4.66. The van der Waals surface area contributed by atoms with Gasteiger partial charge in [-0.05, 0) is 5.16 Å². The van der Waals surface area contributed by atoms with Gasteiger partial charge in [0, 0.05) is 16.7 Å². The maximum absolute atomic E-state index is 13.1. The minimum absolute atomic E-state index is 0.0416. The van der Waals surface area contributed by atoms with Gasteiger partial charge in [0.15, 0.2) is 10.8 Å². The molecule has 4 heterocycles. The zero-order chi connectivity index (χ0) is 30.1. The first-order chi connectivity index (χ1) is 19.3. The molecule has 41 heavy (non-hydrogen) atoms. The first-order valence-corrected chi connectivity index (χ1v) is 12.7. The molecule has 218 valence electrons. The number of nitrogens with one attached hydrogen (secondary N) is 1. The minimum Gasteiger partial charge on any atom is -0.475 e. The summed E-state index contributed by atoms with van der Waals surface area (Å²) in [5.74, 6) is -9.04. The van der Waals surface area contributed by atoms with E-state index >= 15 is 0 Å². The molecule has 2 aliphatic rings. The van der Waals surface area contributed by atoms with E-state index in [1.54, 1.807) is 0 Å². The topological polar surface area (TPSA) is 226 Å². The van der Waals surface area contributed by atoms with Crippen LogP contribution in [0.1, 0.15) is 16.2 Å². The number of anilines is 1. The van der Waals surface area contributed by atoms with Crippen molar-refractivity contribution < 1.29 is 61.1 Å².